The zero-order valence-corrected chi connectivity index (χ0v) is 23.6. The third-order valence-electron chi connectivity index (χ3n) is 6.49. The standard InChI is InChI=1S/C27H27N9O5S/c1-3-28-26(37)33-22-9-19(25-32-21(14-42-25)16-11-31-36(2)13-16)20(12-29-22)18-8-15(23-34-35-27(38)41-23)10-30-24(18)40-17-4-6-39-7-5-17/h8-14,17H,3-7H2,1-2H3,(H,35,38)(H2,28,29,33,37). The van der Waals surface area contributed by atoms with Gasteiger partial charge in [0.25, 0.3) is 5.89 Å². The number of carbonyl (C=O) groups excluding carboxylic acids is 1. The van der Waals surface area contributed by atoms with Gasteiger partial charge in [0.05, 0.1) is 30.7 Å². The van der Waals surface area contributed by atoms with E-state index in [2.05, 4.69) is 35.9 Å². The minimum atomic E-state index is -0.678. The summed E-state index contributed by atoms with van der Waals surface area (Å²) in [6.07, 6.45) is 8.17. The predicted molar refractivity (Wildman–Crippen MR) is 154 cm³/mol. The number of aromatic nitrogens is 7. The van der Waals surface area contributed by atoms with Crippen LogP contribution in [0.2, 0.25) is 0 Å². The largest absolute Gasteiger partial charge is 0.474 e. The molecule has 1 aliphatic heterocycles. The molecule has 5 aromatic heterocycles. The summed E-state index contributed by atoms with van der Waals surface area (Å²) in [5.41, 5.74) is 4.03. The van der Waals surface area contributed by atoms with Gasteiger partial charge >= 0.3 is 11.8 Å². The van der Waals surface area contributed by atoms with Crippen molar-refractivity contribution < 1.29 is 18.7 Å². The number of ether oxygens (including phenoxy) is 2. The minimum Gasteiger partial charge on any atom is -0.474 e. The third kappa shape index (κ3) is 5.91. The van der Waals surface area contributed by atoms with Gasteiger partial charge in [-0.2, -0.15) is 5.10 Å². The number of aryl methyl sites for hydroxylation is 1. The van der Waals surface area contributed by atoms with Gasteiger partial charge in [-0.25, -0.2) is 29.6 Å². The molecule has 0 radical (unpaired) electrons. The number of aromatic amines is 1. The fourth-order valence-corrected chi connectivity index (χ4v) is 5.34. The van der Waals surface area contributed by atoms with Crippen molar-refractivity contribution in [2.45, 2.75) is 25.9 Å². The smallest absolute Gasteiger partial charge is 0.434 e. The van der Waals surface area contributed by atoms with E-state index in [0.717, 1.165) is 24.1 Å². The molecule has 1 fully saturated rings. The van der Waals surface area contributed by atoms with Crippen molar-refractivity contribution in [3.05, 3.63) is 52.9 Å². The number of pyridine rings is 2. The number of nitrogens with one attached hydrogen (secondary N) is 3. The summed E-state index contributed by atoms with van der Waals surface area (Å²) in [5, 5.41) is 18.6. The van der Waals surface area contributed by atoms with E-state index in [0.29, 0.717) is 58.7 Å². The van der Waals surface area contributed by atoms with Crippen LogP contribution in [-0.4, -0.2) is 66.8 Å². The highest BCUT2D eigenvalue weighted by Gasteiger charge is 2.23. The molecular formula is C27H27N9O5S. The van der Waals surface area contributed by atoms with Gasteiger partial charge in [-0.15, -0.1) is 16.4 Å². The molecule has 0 atom stereocenters. The van der Waals surface area contributed by atoms with Gasteiger partial charge in [0.15, 0.2) is 0 Å². The first-order valence-corrected chi connectivity index (χ1v) is 14.2. The summed E-state index contributed by atoms with van der Waals surface area (Å²) in [5.74, 6) is 0.124. The van der Waals surface area contributed by atoms with Crippen LogP contribution >= 0.6 is 11.3 Å². The minimum absolute atomic E-state index is 0.0866. The van der Waals surface area contributed by atoms with E-state index in [4.69, 9.17) is 18.9 Å². The zero-order valence-electron chi connectivity index (χ0n) is 22.8. The molecule has 5 aromatic rings. The van der Waals surface area contributed by atoms with Crippen LogP contribution in [0.3, 0.4) is 0 Å². The van der Waals surface area contributed by atoms with Gasteiger partial charge in [0.2, 0.25) is 5.88 Å². The highest BCUT2D eigenvalue weighted by atomic mass is 32.1. The highest BCUT2D eigenvalue weighted by molar-refractivity contribution is 7.13. The SMILES string of the molecule is CCNC(=O)Nc1cc(-c2nc(-c3cnn(C)c3)cs2)c(-c2cc(-c3n[nH]c(=O)o3)cnc2OC2CCOCC2)cn1. The summed E-state index contributed by atoms with van der Waals surface area (Å²) in [6.45, 7) is 3.49. The van der Waals surface area contributed by atoms with Gasteiger partial charge in [-0.05, 0) is 19.1 Å². The molecule has 42 heavy (non-hydrogen) atoms. The molecule has 0 unspecified atom stereocenters. The van der Waals surface area contributed by atoms with Crippen molar-refractivity contribution in [3.63, 3.8) is 0 Å². The number of hydrogen-bond acceptors (Lipinski definition) is 11. The van der Waals surface area contributed by atoms with E-state index < -0.39 is 5.76 Å². The van der Waals surface area contributed by atoms with Gasteiger partial charge in [0, 0.05) is 72.7 Å². The molecule has 1 saturated heterocycles. The van der Waals surface area contributed by atoms with Crippen LogP contribution in [0.4, 0.5) is 10.6 Å². The maximum absolute atomic E-state index is 12.3. The molecule has 0 bridgehead atoms. The average Bonchev–Trinajstić information content (AvgIpc) is 3.75. The maximum atomic E-state index is 12.3. The zero-order chi connectivity index (χ0) is 29.1. The second-order valence-electron chi connectivity index (χ2n) is 9.46. The Morgan fingerprint density at radius 1 is 1.14 bits per heavy atom. The number of anilines is 1. The lowest BCUT2D eigenvalue weighted by molar-refractivity contribution is 0.0240. The van der Waals surface area contributed by atoms with Gasteiger partial charge in [-0.1, -0.05) is 0 Å². The lowest BCUT2D eigenvalue weighted by Crippen LogP contribution is -2.28. The fraction of sp³-hybridized carbons (Fsp3) is 0.296. The number of thiazole rings is 1. The number of urea groups is 1. The van der Waals surface area contributed by atoms with E-state index in [9.17, 15) is 9.59 Å². The Labute approximate surface area is 243 Å². The molecule has 3 N–H and O–H groups in total. The average molecular weight is 590 g/mol. The second-order valence-corrected chi connectivity index (χ2v) is 10.3. The van der Waals surface area contributed by atoms with Crippen LogP contribution in [0.15, 0.2) is 51.5 Å². The molecule has 0 aromatic carbocycles. The first-order chi connectivity index (χ1) is 20.5. The Morgan fingerprint density at radius 2 is 2.00 bits per heavy atom. The normalized spacial score (nSPS) is 13.7. The van der Waals surface area contributed by atoms with Crippen molar-refractivity contribution in [1.29, 1.82) is 0 Å². The van der Waals surface area contributed by atoms with Crippen molar-refractivity contribution in [1.82, 2.24) is 40.2 Å². The maximum Gasteiger partial charge on any atom is 0.434 e. The van der Waals surface area contributed by atoms with E-state index in [1.807, 2.05) is 25.5 Å². The van der Waals surface area contributed by atoms with Crippen molar-refractivity contribution in [2.75, 3.05) is 25.1 Å². The van der Waals surface area contributed by atoms with Crippen molar-refractivity contribution in [2.24, 2.45) is 7.05 Å². The van der Waals surface area contributed by atoms with Crippen LogP contribution < -0.4 is 21.1 Å². The van der Waals surface area contributed by atoms with E-state index in [1.165, 1.54) is 11.3 Å². The van der Waals surface area contributed by atoms with Gasteiger partial charge < -0.3 is 19.2 Å². The molecule has 0 saturated carbocycles. The lowest BCUT2D eigenvalue weighted by atomic mass is 10.0. The molecule has 2 amide bonds. The number of nitrogens with zero attached hydrogens (tertiary/aromatic N) is 6. The molecule has 1 aliphatic rings. The van der Waals surface area contributed by atoms with E-state index in [-0.39, 0.29) is 18.0 Å². The molecule has 6 heterocycles. The Kier molecular flexibility index (Phi) is 7.74. The topological polar surface area (TPSA) is 175 Å². The highest BCUT2D eigenvalue weighted by Crippen LogP contribution is 2.41. The fourth-order valence-electron chi connectivity index (χ4n) is 4.48. The molecule has 6 rings (SSSR count). The Bertz CT molecular complexity index is 1770. The summed E-state index contributed by atoms with van der Waals surface area (Å²) in [6, 6.07) is 3.17. The first kappa shape index (κ1) is 27.3. The first-order valence-electron chi connectivity index (χ1n) is 13.3. The Balaban J connectivity index is 1.48. The van der Waals surface area contributed by atoms with Crippen LogP contribution in [0, 0.1) is 0 Å². The van der Waals surface area contributed by atoms with Crippen molar-refractivity contribution in [3.8, 4) is 50.3 Å². The van der Waals surface area contributed by atoms with Gasteiger partial charge in [-0.3, -0.25) is 10.00 Å². The molecule has 15 heteroatoms. The van der Waals surface area contributed by atoms with Crippen LogP contribution in [0.5, 0.6) is 5.88 Å². The number of rotatable bonds is 8. The number of H-pyrrole nitrogens is 1. The molecule has 216 valence electrons. The molecular weight excluding hydrogens is 562 g/mol. The van der Waals surface area contributed by atoms with Crippen LogP contribution in [0.25, 0.3) is 44.4 Å². The molecule has 0 aliphatic carbocycles. The summed E-state index contributed by atoms with van der Waals surface area (Å²) < 4.78 is 18.8. The Hall–Kier alpha value is -4.89. The predicted octanol–water partition coefficient (Wildman–Crippen LogP) is 3.71. The number of carbonyl (C=O) groups is 1. The number of amides is 2. The van der Waals surface area contributed by atoms with Crippen LogP contribution in [0.1, 0.15) is 19.8 Å². The molecule has 0 spiro atoms. The summed E-state index contributed by atoms with van der Waals surface area (Å²) >= 11 is 1.44. The second kappa shape index (κ2) is 11.9. The van der Waals surface area contributed by atoms with Crippen molar-refractivity contribution >= 4 is 23.2 Å². The Morgan fingerprint density at radius 3 is 2.74 bits per heavy atom. The van der Waals surface area contributed by atoms with Gasteiger partial charge in [0.1, 0.15) is 16.9 Å². The molecule has 14 nitrogen and oxygen atoms in total. The number of hydrogen-bond donors (Lipinski definition) is 3. The monoisotopic (exact) mass is 589 g/mol. The van der Waals surface area contributed by atoms with Crippen LogP contribution in [-0.2, 0) is 11.8 Å². The van der Waals surface area contributed by atoms with E-state index >= 15 is 0 Å². The summed E-state index contributed by atoms with van der Waals surface area (Å²) in [4.78, 5) is 38.0. The van der Waals surface area contributed by atoms with E-state index in [1.54, 1.807) is 35.4 Å². The third-order valence-corrected chi connectivity index (χ3v) is 7.37. The lowest BCUT2D eigenvalue weighted by Gasteiger charge is -2.24. The summed E-state index contributed by atoms with van der Waals surface area (Å²) in [7, 11) is 1.85. The quantitative estimate of drug-likeness (QED) is 0.242.